The number of methoxy groups -OCH3 is 1. The molecule has 27 heavy (non-hydrogen) atoms. The largest absolute Gasteiger partial charge is 0.497 e. The standard InChI is InChI=1S/C21H18N2O3S/c1-13(2)27-19-18(15-6-10-17(26-3)11-7-15)20(24)23(21(19)25)16-8-4-14(12-22)5-9-16/h4-11,13H,1-3H3. The van der Waals surface area contributed by atoms with E-state index in [0.29, 0.717) is 33.0 Å². The van der Waals surface area contributed by atoms with Crippen LogP contribution in [-0.4, -0.2) is 24.2 Å². The zero-order chi connectivity index (χ0) is 19.6. The number of anilines is 1. The van der Waals surface area contributed by atoms with Crippen LogP contribution in [0.4, 0.5) is 5.69 Å². The van der Waals surface area contributed by atoms with Gasteiger partial charge < -0.3 is 4.74 Å². The first kappa shape index (κ1) is 18.7. The zero-order valence-electron chi connectivity index (χ0n) is 15.2. The normalized spacial score (nSPS) is 14.1. The Labute approximate surface area is 162 Å². The second-order valence-electron chi connectivity index (χ2n) is 6.20. The van der Waals surface area contributed by atoms with Crippen molar-refractivity contribution in [2.45, 2.75) is 19.1 Å². The fraction of sp³-hybridized carbons (Fsp3) is 0.190. The molecule has 1 aliphatic rings. The summed E-state index contributed by atoms with van der Waals surface area (Å²) in [4.78, 5) is 27.8. The average molecular weight is 378 g/mol. The lowest BCUT2D eigenvalue weighted by Crippen LogP contribution is -2.31. The van der Waals surface area contributed by atoms with E-state index in [-0.39, 0.29) is 17.1 Å². The molecule has 0 radical (unpaired) electrons. The first-order valence-electron chi connectivity index (χ1n) is 8.40. The molecule has 0 saturated heterocycles. The minimum Gasteiger partial charge on any atom is -0.497 e. The van der Waals surface area contributed by atoms with Gasteiger partial charge in [0.2, 0.25) is 0 Å². The molecule has 3 rings (SSSR count). The monoisotopic (exact) mass is 378 g/mol. The first-order valence-corrected chi connectivity index (χ1v) is 9.28. The molecule has 2 aromatic rings. The number of amides is 2. The summed E-state index contributed by atoms with van der Waals surface area (Å²) in [5.74, 6) is -0.0228. The molecule has 0 fully saturated rings. The summed E-state index contributed by atoms with van der Waals surface area (Å²) in [6.45, 7) is 3.96. The molecule has 0 atom stereocenters. The third kappa shape index (κ3) is 3.60. The molecule has 0 aromatic heterocycles. The van der Waals surface area contributed by atoms with Crippen LogP contribution in [0, 0.1) is 11.3 Å². The number of hydrogen-bond acceptors (Lipinski definition) is 5. The van der Waals surface area contributed by atoms with E-state index < -0.39 is 0 Å². The van der Waals surface area contributed by atoms with Crippen LogP contribution in [0.25, 0.3) is 5.57 Å². The highest BCUT2D eigenvalue weighted by Gasteiger charge is 2.40. The van der Waals surface area contributed by atoms with Crippen molar-refractivity contribution in [2.75, 3.05) is 12.0 Å². The molecule has 0 bridgehead atoms. The van der Waals surface area contributed by atoms with Gasteiger partial charge in [-0.3, -0.25) is 9.59 Å². The molecule has 0 spiro atoms. The molecule has 0 unspecified atom stereocenters. The number of ether oxygens (including phenoxy) is 1. The summed E-state index contributed by atoms with van der Waals surface area (Å²) in [7, 11) is 1.57. The van der Waals surface area contributed by atoms with Gasteiger partial charge in [0.1, 0.15) is 5.75 Å². The Hall–Kier alpha value is -3.04. The summed E-state index contributed by atoms with van der Waals surface area (Å²) in [6, 6.07) is 15.5. The second kappa shape index (κ2) is 7.68. The van der Waals surface area contributed by atoms with E-state index in [0.717, 1.165) is 0 Å². The van der Waals surface area contributed by atoms with E-state index in [9.17, 15) is 9.59 Å². The van der Waals surface area contributed by atoms with E-state index in [1.165, 1.54) is 16.7 Å². The van der Waals surface area contributed by atoms with Crippen LogP contribution in [0.2, 0.25) is 0 Å². The SMILES string of the molecule is COc1ccc(C2=C(SC(C)C)C(=O)N(c3ccc(C#N)cc3)C2=O)cc1. The van der Waals surface area contributed by atoms with Gasteiger partial charge in [0, 0.05) is 5.25 Å². The minimum atomic E-state index is -0.363. The summed E-state index contributed by atoms with van der Waals surface area (Å²) in [5.41, 5.74) is 1.99. The minimum absolute atomic E-state index is 0.144. The highest BCUT2D eigenvalue weighted by Crippen LogP contribution is 2.40. The quantitative estimate of drug-likeness (QED) is 0.736. The molecule has 5 nitrogen and oxygen atoms in total. The average Bonchev–Trinajstić information content (AvgIpc) is 2.91. The Balaban J connectivity index is 2.06. The molecule has 0 N–H and O–H groups in total. The van der Waals surface area contributed by atoms with Crippen LogP contribution in [-0.2, 0) is 9.59 Å². The Morgan fingerprint density at radius 1 is 1.00 bits per heavy atom. The maximum atomic E-state index is 13.2. The van der Waals surface area contributed by atoms with Crippen LogP contribution in [0.1, 0.15) is 25.0 Å². The number of rotatable bonds is 5. The van der Waals surface area contributed by atoms with Crippen molar-refractivity contribution < 1.29 is 14.3 Å². The number of nitrogens with zero attached hydrogens (tertiary/aromatic N) is 2. The Bertz CT molecular complexity index is 954. The summed E-state index contributed by atoms with van der Waals surface area (Å²) in [6.07, 6.45) is 0. The van der Waals surface area contributed by atoms with Crippen molar-refractivity contribution in [1.82, 2.24) is 0 Å². The Morgan fingerprint density at radius 2 is 1.63 bits per heavy atom. The van der Waals surface area contributed by atoms with E-state index in [2.05, 4.69) is 0 Å². The van der Waals surface area contributed by atoms with Crippen LogP contribution < -0.4 is 9.64 Å². The summed E-state index contributed by atoms with van der Waals surface area (Å²) < 4.78 is 5.17. The lowest BCUT2D eigenvalue weighted by atomic mass is 10.1. The van der Waals surface area contributed by atoms with Crippen LogP contribution >= 0.6 is 11.8 Å². The molecule has 1 heterocycles. The number of thioether (sulfide) groups is 1. The highest BCUT2D eigenvalue weighted by atomic mass is 32.2. The number of benzene rings is 2. The number of carbonyl (C=O) groups is 2. The number of carbonyl (C=O) groups excluding carboxylic acids is 2. The lowest BCUT2D eigenvalue weighted by Gasteiger charge is -2.15. The van der Waals surface area contributed by atoms with Gasteiger partial charge in [0.25, 0.3) is 11.8 Å². The second-order valence-corrected chi connectivity index (χ2v) is 7.79. The van der Waals surface area contributed by atoms with Gasteiger partial charge in [-0.2, -0.15) is 5.26 Å². The predicted octanol–water partition coefficient (Wildman–Crippen LogP) is 3.99. The fourth-order valence-electron chi connectivity index (χ4n) is 2.79. The van der Waals surface area contributed by atoms with Gasteiger partial charge in [-0.1, -0.05) is 26.0 Å². The lowest BCUT2D eigenvalue weighted by molar-refractivity contribution is -0.119. The smallest absolute Gasteiger partial charge is 0.272 e. The van der Waals surface area contributed by atoms with E-state index in [1.807, 2.05) is 19.9 Å². The van der Waals surface area contributed by atoms with Gasteiger partial charge in [0.15, 0.2) is 0 Å². The van der Waals surface area contributed by atoms with Crippen molar-refractivity contribution in [3.63, 3.8) is 0 Å². The molecule has 2 aromatic carbocycles. The van der Waals surface area contributed by atoms with Gasteiger partial charge in [-0.25, -0.2) is 4.90 Å². The van der Waals surface area contributed by atoms with Crippen LogP contribution in [0.3, 0.4) is 0 Å². The molecule has 2 amide bonds. The molecule has 6 heteroatoms. The van der Waals surface area contributed by atoms with E-state index in [1.54, 1.807) is 55.6 Å². The third-order valence-corrected chi connectivity index (χ3v) is 5.11. The van der Waals surface area contributed by atoms with Crippen molar-refractivity contribution in [3.8, 4) is 11.8 Å². The molecular formula is C21H18N2O3S. The first-order chi connectivity index (χ1) is 13.0. The molecule has 0 saturated carbocycles. The summed E-state index contributed by atoms with van der Waals surface area (Å²) in [5, 5.41) is 9.10. The summed E-state index contributed by atoms with van der Waals surface area (Å²) >= 11 is 1.38. The van der Waals surface area contributed by atoms with Crippen LogP contribution in [0.5, 0.6) is 5.75 Å². The highest BCUT2D eigenvalue weighted by molar-refractivity contribution is 8.04. The third-order valence-electron chi connectivity index (χ3n) is 4.03. The van der Waals surface area contributed by atoms with Crippen molar-refractivity contribution in [1.29, 1.82) is 5.26 Å². The van der Waals surface area contributed by atoms with E-state index in [4.69, 9.17) is 10.00 Å². The Kier molecular flexibility index (Phi) is 5.33. The topological polar surface area (TPSA) is 70.4 Å². The maximum Gasteiger partial charge on any atom is 0.272 e. The molecule has 136 valence electrons. The van der Waals surface area contributed by atoms with Crippen molar-refractivity contribution >= 4 is 34.8 Å². The van der Waals surface area contributed by atoms with E-state index >= 15 is 0 Å². The predicted molar refractivity (Wildman–Crippen MR) is 106 cm³/mol. The molecule has 1 aliphatic heterocycles. The maximum absolute atomic E-state index is 13.2. The van der Waals surface area contributed by atoms with Gasteiger partial charge in [0.05, 0.1) is 34.9 Å². The van der Waals surface area contributed by atoms with Gasteiger partial charge in [-0.05, 0) is 42.0 Å². The van der Waals surface area contributed by atoms with Gasteiger partial charge in [-0.15, -0.1) is 11.8 Å². The molecular weight excluding hydrogens is 360 g/mol. The number of hydrogen-bond donors (Lipinski definition) is 0. The fourth-order valence-corrected chi connectivity index (χ4v) is 3.77. The zero-order valence-corrected chi connectivity index (χ0v) is 16.0. The molecule has 0 aliphatic carbocycles. The number of nitriles is 1. The van der Waals surface area contributed by atoms with Crippen LogP contribution in [0.15, 0.2) is 53.4 Å². The van der Waals surface area contributed by atoms with Crippen molar-refractivity contribution in [2.24, 2.45) is 0 Å². The van der Waals surface area contributed by atoms with Gasteiger partial charge >= 0.3 is 0 Å². The van der Waals surface area contributed by atoms with Crippen molar-refractivity contribution in [3.05, 3.63) is 64.6 Å². The number of imide groups is 1. The Morgan fingerprint density at radius 3 is 2.15 bits per heavy atom.